The highest BCUT2D eigenvalue weighted by Crippen LogP contribution is 2.10. The van der Waals surface area contributed by atoms with Crippen molar-refractivity contribution >= 4 is 0 Å². The van der Waals surface area contributed by atoms with E-state index in [4.69, 9.17) is 0 Å². The molecule has 1 aromatic carbocycles. The Morgan fingerprint density at radius 2 is 1.76 bits per heavy atom. The molecule has 0 amide bonds. The molecule has 0 bridgehead atoms. The monoisotopic (exact) mass is 227 g/mol. The van der Waals surface area contributed by atoms with Gasteiger partial charge in [0.2, 0.25) is 0 Å². The van der Waals surface area contributed by atoms with Crippen molar-refractivity contribution < 1.29 is 0 Å². The second-order valence-corrected chi connectivity index (χ2v) is 3.32. The number of hydrogen-bond donors (Lipinski definition) is 2. The summed E-state index contributed by atoms with van der Waals surface area (Å²) in [5, 5.41) is 16.3. The molecule has 0 radical (unpaired) electrons. The molecule has 0 aliphatic carbocycles. The van der Waals surface area contributed by atoms with Crippen LogP contribution in [0.15, 0.2) is 54.9 Å². The molecule has 0 spiro atoms. The molecule has 0 unspecified atom stereocenters. The largest absolute Gasteiger partial charge is 0.368 e. The third kappa shape index (κ3) is 3.57. The minimum absolute atomic E-state index is 0.700. The number of dihydropyridines is 1. The van der Waals surface area contributed by atoms with Crippen LogP contribution in [0.1, 0.15) is 6.42 Å². The Balaban J connectivity index is 0.000000153. The van der Waals surface area contributed by atoms with E-state index in [0.717, 1.165) is 12.0 Å². The topological polar surface area (TPSA) is 66.5 Å². The lowest BCUT2D eigenvalue weighted by Gasteiger charge is -1.92. The number of nitrogens with one attached hydrogen (secondary N) is 2. The maximum Gasteiger partial charge on any atom is 0.179 e. The summed E-state index contributed by atoms with van der Waals surface area (Å²) in [6.45, 7) is 0. The quantitative estimate of drug-likeness (QED) is 0.780. The Hall–Kier alpha value is -2.43. The number of rotatable bonds is 1. The lowest BCUT2D eigenvalue weighted by Crippen LogP contribution is -1.93. The molecular weight excluding hydrogens is 214 g/mol. The van der Waals surface area contributed by atoms with Gasteiger partial charge in [0.25, 0.3) is 0 Å². The fraction of sp³-hybridized carbons (Fsp3) is 0.0833. The molecule has 1 aromatic heterocycles. The predicted octanol–water partition coefficient (Wildman–Crippen LogP) is 1.87. The predicted molar refractivity (Wildman–Crippen MR) is 65.6 cm³/mol. The third-order valence-corrected chi connectivity index (χ3v) is 2.09. The van der Waals surface area contributed by atoms with Crippen molar-refractivity contribution in [2.45, 2.75) is 6.42 Å². The Kier molecular flexibility index (Phi) is 4.05. The molecular formula is C12H13N5. The fourth-order valence-corrected chi connectivity index (χ4v) is 1.28. The molecule has 86 valence electrons. The smallest absolute Gasteiger partial charge is 0.179 e. The number of aromatic nitrogens is 4. The zero-order valence-electron chi connectivity index (χ0n) is 9.24. The Bertz CT molecular complexity index is 453. The summed E-state index contributed by atoms with van der Waals surface area (Å²) < 4.78 is 0. The van der Waals surface area contributed by atoms with E-state index in [0.29, 0.717) is 5.82 Å². The maximum atomic E-state index is 3.77. The van der Waals surface area contributed by atoms with Crippen molar-refractivity contribution in [2.24, 2.45) is 0 Å². The van der Waals surface area contributed by atoms with Crippen LogP contribution in [0.2, 0.25) is 0 Å². The van der Waals surface area contributed by atoms with Crippen LogP contribution < -0.4 is 5.32 Å². The molecule has 1 aliphatic heterocycles. The lowest BCUT2D eigenvalue weighted by molar-refractivity contribution is 0.881. The van der Waals surface area contributed by atoms with Gasteiger partial charge in [0.1, 0.15) is 0 Å². The Morgan fingerprint density at radius 3 is 2.24 bits per heavy atom. The van der Waals surface area contributed by atoms with Gasteiger partial charge in [-0.1, -0.05) is 42.5 Å². The van der Waals surface area contributed by atoms with E-state index in [1.54, 1.807) is 0 Å². The van der Waals surface area contributed by atoms with Crippen LogP contribution in [0, 0.1) is 0 Å². The highest BCUT2D eigenvalue weighted by Gasteiger charge is 1.97. The van der Waals surface area contributed by atoms with Crippen molar-refractivity contribution in [1.82, 2.24) is 25.9 Å². The van der Waals surface area contributed by atoms with E-state index in [2.05, 4.69) is 38.1 Å². The fourth-order valence-electron chi connectivity index (χ4n) is 1.28. The van der Waals surface area contributed by atoms with E-state index in [9.17, 15) is 0 Å². The number of tetrazole rings is 1. The van der Waals surface area contributed by atoms with Crippen LogP contribution in [-0.4, -0.2) is 20.6 Å². The first-order valence-electron chi connectivity index (χ1n) is 5.32. The third-order valence-electron chi connectivity index (χ3n) is 2.09. The van der Waals surface area contributed by atoms with Crippen molar-refractivity contribution in [3.05, 3.63) is 54.9 Å². The highest BCUT2D eigenvalue weighted by atomic mass is 15.5. The van der Waals surface area contributed by atoms with Crippen molar-refractivity contribution in [2.75, 3.05) is 0 Å². The average molecular weight is 227 g/mol. The van der Waals surface area contributed by atoms with E-state index < -0.39 is 0 Å². The molecule has 17 heavy (non-hydrogen) atoms. The van der Waals surface area contributed by atoms with Crippen LogP contribution in [0.3, 0.4) is 0 Å². The van der Waals surface area contributed by atoms with E-state index in [1.807, 2.05) is 42.7 Å². The summed E-state index contributed by atoms with van der Waals surface area (Å²) in [5.41, 5.74) is 0.998. The van der Waals surface area contributed by atoms with Gasteiger partial charge in [0.15, 0.2) is 5.82 Å². The molecule has 1 aliphatic rings. The van der Waals surface area contributed by atoms with Gasteiger partial charge in [0, 0.05) is 5.56 Å². The second kappa shape index (κ2) is 6.22. The molecule has 0 fully saturated rings. The summed E-state index contributed by atoms with van der Waals surface area (Å²) in [4.78, 5) is 0. The Labute approximate surface area is 99.3 Å². The highest BCUT2D eigenvalue weighted by molar-refractivity contribution is 5.52. The zero-order chi connectivity index (χ0) is 11.8. The number of aromatic amines is 1. The van der Waals surface area contributed by atoms with Crippen molar-refractivity contribution in [3.63, 3.8) is 0 Å². The van der Waals surface area contributed by atoms with Gasteiger partial charge in [-0.3, -0.25) is 0 Å². The molecule has 2 aromatic rings. The summed E-state index contributed by atoms with van der Waals surface area (Å²) in [6, 6.07) is 9.73. The van der Waals surface area contributed by atoms with Crippen LogP contribution >= 0.6 is 0 Å². The Morgan fingerprint density at radius 1 is 1.00 bits per heavy atom. The summed E-state index contributed by atoms with van der Waals surface area (Å²) >= 11 is 0. The molecule has 2 heterocycles. The van der Waals surface area contributed by atoms with E-state index in [1.165, 1.54) is 0 Å². The average Bonchev–Trinajstić information content (AvgIpc) is 2.96. The number of hydrogen-bond acceptors (Lipinski definition) is 4. The minimum Gasteiger partial charge on any atom is -0.368 e. The number of nitrogens with zero attached hydrogens (tertiary/aromatic N) is 3. The molecule has 3 rings (SSSR count). The first-order valence-corrected chi connectivity index (χ1v) is 5.32. The van der Waals surface area contributed by atoms with Gasteiger partial charge in [0.05, 0.1) is 0 Å². The summed E-state index contributed by atoms with van der Waals surface area (Å²) in [6.07, 6.45) is 9.08. The summed E-state index contributed by atoms with van der Waals surface area (Å²) in [7, 11) is 0. The first-order chi connectivity index (χ1) is 8.47. The first kappa shape index (κ1) is 11.1. The van der Waals surface area contributed by atoms with Crippen LogP contribution in [-0.2, 0) is 0 Å². The molecule has 5 nitrogen and oxygen atoms in total. The molecule has 5 heteroatoms. The van der Waals surface area contributed by atoms with Crippen molar-refractivity contribution in [3.8, 4) is 11.4 Å². The summed E-state index contributed by atoms with van der Waals surface area (Å²) in [5.74, 6) is 0.700. The van der Waals surface area contributed by atoms with Gasteiger partial charge in [-0.15, -0.1) is 5.10 Å². The maximum absolute atomic E-state index is 3.77. The normalized spacial score (nSPS) is 12.5. The SMILES string of the molecule is C1=CNC=CC1.c1ccc(-c2nnn[nH]2)cc1. The number of allylic oxidation sites excluding steroid dienone is 2. The van der Waals surface area contributed by atoms with Gasteiger partial charge in [-0.05, 0) is 29.2 Å². The second-order valence-electron chi connectivity index (χ2n) is 3.32. The number of H-pyrrole nitrogens is 1. The molecule has 0 atom stereocenters. The van der Waals surface area contributed by atoms with Crippen LogP contribution in [0.4, 0.5) is 0 Å². The van der Waals surface area contributed by atoms with E-state index >= 15 is 0 Å². The van der Waals surface area contributed by atoms with Crippen LogP contribution in [0.25, 0.3) is 11.4 Å². The van der Waals surface area contributed by atoms with Gasteiger partial charge >= 0.3 is 0 Å². The van der Waals surface area contributed by atoms with Gasteiger partial charge in [-0.2, -0.15) is 0 Å². The van der Waals surface area contributed by atoms with Crippen molar-refractivity contribution in [1.29, 1.82) is 0 Å². The van der Waals surface area contributed by atoms with E-state index in [-0.39, 0.29) is 0 Å². The zero-order valence-corrected chi connectivity index (χ0v) is 9.24. The van der Waals surface area contributed by atoms with Gasteiger partial charge < -0.3 is 5.32 Å². The van der Waals surface area contributed by atoms with Gasteiger partial charge in [-0.25, -0.2) is 5.10 Å². The standard InChI is InChI=1S/C7H6N4.C5H7N/c1-2-4-6(5-3-1)7-8-10-11-9-7;1-2-4-6-5-3-1/h1-5H,(H,8,9,10,11);2-6H,1H2. The van der Waals surface area contributed by atoms with Crippen LogP contribution in [0.5, 0.6) is 0 Å². The minimum atomic E-state index is 0.700. The lowest BCUT2D eigenvalue weighted by atomic mass is 10.2. The molecule has 2 N–H and O–H groups in total. The number of benzene rings is 1. The molecule has 0 saturated heterocycles. The molecule has 0 saturated carbocycles.